The Morgan fingerprint density at radius 1 is 1.41 bits per heavy atom. The molecule has 1 N–H and O–H groups in total. The van der Waals surface area contributed by atoms with Crippen LogP contribution in [-0.2, 0) is 10.3 Å². The van der Waals surface area contributed by atoms with Crippen molar-refractivity contribution in [3.05, 3.63) is 27.7 Å². The number of pyridine rings is 1. The van der Waals surface area contributed by atoms with Crippen LogP contribution in [0.4, 0.5) is 0 Å². The van der Waals surface area contributed by atoms with E-state index >= 15 is 0 Å². The van der Waals surface area contributed by atoms with E-state index in [2.05, 4.69) is 4.74 Å². The summed E-state index contributed by atoms with van der Waals surface area (Å²) in [6.07, 6.45) is 1.53. The lowest BCUT2D eigenvalue weighted by Crippen LogP contribution is -2.36. The minimum absolute atomic E-state index is 0.317. The van der Waals surface area contributed by atoms with Gasteiger partial charge in [-0.15, -0.1) is 0 Å². The normalized spacial score (nSPS) is 11.4. The summed E-state index contributed by atoms with van der Waals surface area (Å²) in [5.41, 5.74) is -0.881. The van der Waals surface area contributed by atoms with Gasteiger partial charge in [-0.2, -0.15) is 0 Å². The molecule has 94 valence electrons. The molecule has 1 heterocycles. The Balaban J connectivity index is 3.67. The Morgan fingerprint density at radius 3 is 2.35 bits per heavy atom. The first-order chi connectivity index (χ1) is 7.70. The van der Waals surface area contributed by atoms with Gasteiger partial charge < -0.3 is 14.4 Å². The van der Waals surface area contributed by atoms with E-state index in [0.29, 0.717) is 5.56 Å². The fourth-order valence-corrected chi connectivity index (χ4v) is 1.52. The van der Waals surface area contributed by atoms with Crippen molar-refractivity contribution >= 4 is 5.97 Å². The third-order valence-electron chi connectivity index (χ3n) is 2.48. The van der Waals surface area contributed by atoms with E-state index in [1.165, 1.54) is 17.9 Å². The van der Waals surface area contributed by atoms with Gasteiger partial charge in [0, 0.05) is 17.3 Å². The average molecular weight is 239 g/mol. The molecule has 0 aliphatic heterocycles. The highest BCUT2D eigenvalue weighted by atomic mass is 16.5. The lowest BCUT2D eigenvalue weighted by molar-refractivity contribution is 0.0593. The second-order valence-corrected chi connectivity index (χ2v) is 4.87. The second-order valence-electron chi connectivity index (χ2n) is 4.87. The summed E-state index contributed by atoms with van der Waals surface area (Å²) in [6, 6.07) is 0. The summed E-state index contributed by atoms with van der Waals surface area (Å²) >= 11 is 0. The van der Waals surface area contributed by atoms with Gasteiger partial charge >= 0.3 is 5.97 Å². The molecule has 0 amide bonds. The van der Waals surface area contributed by atoms with Gasteiger partial charge in [-0.05, 0) is 27.7 Å². The standard InChI is InChI=1S/C12H17NO4/c1-7-6-13(12(2,3)4)10(15)8(9(7)14)11(16)17-5/h6,14H,1-5H3. The summed E-state index contributed by atoms with van der Waals surface area (Å²) in [6.45, 7) is 7.15. The number of aromatic nitrogens is 1. The number of carbonyl (C=O) groups excluding carboxylic acids is 1. The van der Waals surface area contributed by atoms with Crippen LogP contribution in [0.15, 0.2) is 11.0 Å². The molecule has 17 heavy (non-hydrogen) atoms. The minimum atomic E-state index is -0.825. The lowest BCUT2D eigenvalue weighted by atomic mass is 10.1. The van der Waals surface area contributed by atoms with Gasteiger partial charge in [0.15, 0.2) is 5.56 Å². The van der Waals surface area contributed by atoms with Crippen LogP contribution in [0.25, 0.3) is 0 Å². The van der Waals surface area contributed by atoms with Crippen LogP contribution >= 0.6 is 0 Å². The highest BCUT2D eigenvalue weighted by molar-refractivity contribution is 5.92. The third kappa shape index (κ3) is 2.33. The van der Waals surface area contributed by atoms with Crippen LogP contribution in [0, 0.1) is 6.92 Å². The molecule has 0 radical (unpaired) electrons. The number of aryl methyl sites for hydroxylation is 1. The van der Waals surface area contributed by atoms with Gasteiger partial charge in [0.05, 0.1) is 7.11 Å². The lowest BCUT2D eigenvalue weighted by Gasteiger charge is -2.24. The molecule has 1 rings (SSSR count). The Labute approximate surface area is 99.6 Å². The number of methoxy groups -OCH3 is 1. The zero-order valence-corrected chi connectivity index (χ0v) is 10.7. The van der Waals surface area contributed by atoms with E-state index < -0.39 is 17.1 Å². The maximum atomic E-state index is 12.1. The number of carbonyl (C=O) groups is 1. The van der Waals surface area contributed by atoms with Gasteiger partial charge in [0.2, 0.25) is 0 Å². The van der Waals surface area contributed by atoms with E-state index in [9.17, 15) is 14.7 Å². The smallest absolute Gasteiger partial charge is 0.347 e. The molecule has 1 aromatic heterocycles. The van der Waals surface area contributed by atoms with Crippen LogP contribution in [0.2, 0.25) is 0 Å². The topological polar surface area (TPSA) is 68.5 Å². The van der Waals surface area contributed by atoms with Gasteiger partial charge in [-0.3, -0.25) is 4.79 Å². The molecule has 0 spiro atoms. The van der Waals surface area contributed by atoms with Crippen molar-refractivity contribution in [1.29, 1.82) is 0 Å². The molecule has 0 aliphatic carbocycles. The van der Waals surface area contributed by atoms with Crippen molar-refractivity contribution < 1.29 is 14.6 Å². The first-order valence-electron chi connectivity index (χ1n) is 5.24. The van der Waals surface area contributed by atoms with Crippen molar-refractivity contribution in [2.75, 3.05) is 7.11 Å². The van der Waals surface area contributed by atoms with E-state index in [1.54, 1.807) is 6.92 Å². The molecule has 0 aromatic carbocycles. The molecule has 0 saturated heterocycles. The fraction of sp³-hybridized carbons (Fsp3) is 0.500. The molecule has 5 nitrogen and oxygen atoms in total. The Kier molecular flexibility index (Phi) is 3.31. The first-order valence-corrected chi connectivity index (χ1v) is 5.24. The SMILES string of the molecule is COC(=O)c1c(O)c(C)cn(C(C)(C)C)c1=O. The van der Waals surface area contributed by atoms with Gasteiger partial charge in [0.1, 0.15) is 5.75 Å². The molecule has 0 unspecified atom stereocenters. The van der Waals surface area contributed by atoms with Gasteiger partial charge in [-0.1, -0.05) is 0 Å². The summed E-state index contributed by atoms with van der Waals surface area (Å²) in [5, 5.41) is 9.76. The molecule has 0 atom stereocenters. The maximum absolute atomic E-state index is 12.1. The number of ether oxygens (including phenoxy) is 1. The molecule has 0 aliphatic rings. The predicted octanol–water partition coefficient (Wildman–Crippen LogP) is 1.40. The van der Waals surface area contributed by atoms with Crippen LogP contribution in [0.1, 0.15) is 36.7 Å². The second kappa shape index (κ2) is 4.24. The maximum Gasteiger partial charge on any atom is 0.347 e. The van der Waals surface area contributed by atoms with E-state index in [4.69, 9.17) is 0 Å². The van der Waals surface area contributed by atoms with Crippen LogP contribution < -0.4 is 5.56 Å². The number of rotatable bonds is 1. The number of hydrogen-bond acceptors (Lipinski definition) is 4. The minimum Gasteiger partial charge on any atom is -0.506 e. The van der Waals surface area contributed by atoms with E-state index in [0.717, 1.165) is 0 Å². The molecular formula is C12H17NO4. The van der Waals surface area contributed by atoms with Crippen molar-refractivity contribution in [2.45, 2.75) is 33.2 Å². The van der Waals surface area contributed by atoms with Crippen molar-refractivity contribution in [3.63, 3.8) is 0 Å². The largest absolute Gasteiger partial charge is 0.506 e. The summed E-state index contributed by atoms with van der Waals surface area (Å²) < 4.78 is 5.92. The molecule has 0 bridgehead atoms. The third-order valence-corrected chi connectivity index (χ3v) is 2.48. The Hall–Kier alpha value is -1.78. The highest BCUT2D eigenvalue weighted by Gasteiger charge is 2.24. The molecular weight excluding hydrogens is 222 g/mol. The van der Waals surface area contributed by atoms with Crippen molar-refractivity contribution in [2.24, 2.45) is 0 Å². The molecule has 0 saturated carbocycles. The van der Waals surface area contributed by atoms with Crippen molar-refractivity contribution in [1.82, 2.24) is 4.57 Å². The molecule has 1 aromatic rings. The summed E-state index contributed by atoms with van der Waals surface area (Å²) in [5.74, 6) is -1.14. The number of esters is 1. The number of aromatic hydroxyl groups is 1. The van der Waals surface area contributed by atoms with Crippen LogP contribution in [0.5, 0.6) is 5.75 Å². The molecule has 0 fully saturated rings. The Bertz CT molecular complexity index is 508. The summed E-state index contributed by atoms with van der Waals surface area (Å²) in [4.78, 5) is 23.6. The molecule has 5 heteroatoms. The fourth-order valence-electron chi connectivity index (χ4n) is 1.52. The van der Waals surface area contributed by atoms with Crippen molar-refractivity contribution in [3.8, 4) is 5.75 Å². The van der Waals surface area contributed by atoms with Gasteiger partial charge in [0.25, 0.3) is 5.56 Å². The zero-order valence-electron chi connectivity index (χ0n) is 10.7. The predicted molar refractivity (Wildman–Crippen MR) is 63.4 cm³/mol. The zero-order chi connectivity index (χ0) is 13.4. The quantitative estimate of drug-likeness (QED) is 0.752. The summed E-state index contributed by atoms with van der Waals surface area (Å²) in [7, 11) is 1.17. The number of hydrogen-bond donors (Lipinski definition) is 1. The van der Waals surface area contributed by atoms with Gasteiger partial charge in [-0.25, -0.2) is 4.79 Å². The Morgan fingerprint density at radius 2 is 1.94 bits per heavy atom. The van der Waals surface area contributed by atoms with Crippen LogP contribution in [-0.4, -0.2) is 22.8 Å². The van der Waals surface area contributed by atoms with Crippen LogP contribution in [0.3, 0.4) is 0 Å². The van der Waals surface area contributed by atoms with E-state index in [1.807, 2.05) is 20.8 Å². The average Bonchev–Trinajstić information content (AvgIpc) is 2.21. The highest BCUT2D eigenvalue weighted by Crippen LogP contribution is 2.22. The monoisotopic (exact) mass is 239 g/mol. The first kappa shape index (κ1) is 13.3. The van der Waals surface area contributed by atoms with E-state index in [-0.39, 0.29) is 11.3 Å². The number of nitrogens with zero attached hydrogens (tertiary/aromatic N) is 1.